The summed E-state index contributed by atoms with van der Waals surface area (Å²) in [5, 5.41) is 4.91. The fourth-order valence-electron chi connectivity index (χ4n) is 1.32. The Bertz CT molecular complexity index is 481. The summed E-state index contributed by atoms with van der Waals surface area (Å²) in [6.45, 7) is 0.646. The number of nitrogens with zero attached hydrogens (tertiary/aromatic N) is 2. The Morgan fingerprint density at radius 2 is 2.27 bits per heavy atom. The van der Waals surface area contributed by atoms with Crippen molar-refractivity contribution in [2.24, 2.45) is 0 Å². The van der Waals surface area contributed by atoms with Gasteiger partial charge in [-0.25, -0.2) is 0 Å². The van der Waals surface area contributed by atoms with Crippen molar-refractivity contribution in [2.75, 3.05) is 5.73 Å². The molecular formula is C10H9ClIN3. The van der Waals surface area contributed by atoms with Gasteiger partial charge in [-0.1, -0.05) is 11.6 Å². The van der Waals surface area contributed by atoms with Gasteiger partial charge in [0.05, 0.1) is 16.3 Å². The summed E-state index contributed by atoms with van der Waals surface area (Å²) < 4.78 is 2.94. The second-order valence-electron chi connectivity index (χ2n) is 3.21. The van der Waals surface area contributed by atoms with Gasteiger partial charge in [-0.3, -0.25) is 4.68 Å². The Morgan fingerprint density at radius 1 is 1.47 bits per heavy atom. The second kappa shape index (κ2) is 4.40. The van der Waals surface area contributed by atoms with E-state index >= 15 is 0 Å². The van der Waals surface area contributed by atoms with Gasteiger partial charge in [0.2, 0.25) is 0 Å². The van der Waals surface area contributed by atoms with Crippen LogP contribution in [0.2, 0.25) is 5.02 Å². The minimum absolute atomic E-state index is 0.646. The molecule has 0 aliphatic carbocycles. The van der Waals surface area contributed by atoms with Crippen molar-refractivity contribution in [1.29, 1.82) is 0 Å². The third-order valence-electron chi connectivity index (χ3n) is 2.00. The Hall–Kier alpha value is -0.750. The molecule has 2 rings (SSSR count). The van der Waals surface area contributed by atoms with Gasteiger partial charge in [0.1, 0.15) is 0 Å². The van der Waals surface area contributed by atoms with Crippen LogP contribution in [0.3, 0.4) is 0 Å². The van der Waals surface area contributed by atoms with Crippen molar-refractivity contribution >= 4 is 39.9 Å². The van der Waals surface area contributed by atoms with Crippen LogP contribution in [0.25, 0.3) is 0 Å². The average Bonchev–Trinajstić information content (AvgIpc) is 2.58. The molecule has 0 aliphatic heterocycles. The van der Waals surface area contributed by atoms with Crippen LogP contribution in [-0.4, -0.2) is 9.78 Å². The second-order valence-corrected chi connectivity index (χ2v) is 4.86. The first-order chi connectivity index (χ1) is 7.15. The number of anilines is 1. The molecule has 0 unspecified atom stereocenters. The lowest BCUT2D eigenvalue weighted by Crippen LogP contribution is -2.01. The predicted octanol–water partition coefficient (Wildman–Crippen LogP) is 2.77. The summed E-state index contributed by atoms with van der Waals surface area (Å²) in [5.74, 6) is 0. The molecule has 0 atom stereocenters. The zero-order valence-electron chi connectivity index (χ0n) is 7.82. The van der Waals surface area contributed by atoms with Gasteiger partial charge < -0.3 is 5.73 Å². The third kappa shape index (κ3) is 2.63. The van der Waals surface area contributed by atoms with E-state index in [0.29, 0.717) is 6.54 Å². The zero-order valence-corrected chi connectivity index (χ0v) is 10.7. The van der Waals surface area contributed by atoms with Gasteiger partial charge in [-0.15, -0.1) is 0 Å². The number of halogens is 2. The molecule has 5 heteroatoms. The van der Waals surface area contributed by atoms with E-state index in [0.717, 1.165) is 19.8 Å². The highest BCUT2D eigenvalue weighted by Gasteiger charge is 2.02. The summed E-state index contributed by atoms with van der Waals surface area (Å²) in [6, 6.07) is 5.47. The summed E-state index contributed by atoms with van der Waals surface area (Å²) in [5.41, 5.74) is 7.40. The molecule has 3 nitrogen and oxygen atoms in total. The van der Waals surface area contributed by atoms with E-state index in [1.807, 2.05) is 16.9 Å². The number of rotatable bonds is 2. The molecule has 2 aromatic rings. The van der Waals surface area contributed by atoms with E-state index in [2.05, 4.69) is 27.7 Å². The standard InChI is InChI=1S/C10H9ClIN3/c11-10-2-1-9(13)3-7(10)5-15-6-8(12)4-14-15/h1-4,6H,5,13H2. The van der Waals surface area contributed by atoms with Gasteiger partial charge in [-0.05, 0) is 46.4 Å². The van der Waals surface area contributed by atoms with Crippen LogP contribution in [0.4, 0.5) is 5.69 Å². The molecule has 0 saturated heterocycles. The molecule has 78 valence electrons. The predicted molar refractivity (Wildman–Crippen MR) is 69.9 cm³/mol. The smallest absolute Gasteiger partial charge is 0.0675 e. The Morgan fingerprint density at radius 3 is 2.93 bits per heavy atom. The van der Waals surface area contributed by atoms with Crippen molar-refractivity contribution in [3.05, 3.63) is 44.7 Å². The van der Waals surface area contributed by atoms with E-state index in [1.54, 1.807) is 18.3 Å². The van der Waals surface area contributed by atoms with Crippen molar-refractivity contribution in [3.63, 3.8) is 0 Å². The largest absolute Gasteiger partial charge is 0.399 e. The highest BCUT2D eigenvalue weighted by molar-refractivity contribution is 14.1. The first kappa shape index (κ1) is 10.8. The van der Waals surface area contributed by atoms with Gasteiger partial charge in [-0.2, -0.15) is 5.10 Å². The number of hydrogen-bond acceptors (Lipinski definition) is 2. The van der Waals surface area contributed by atoms with Crippen LogP contribution in [0.5, 0.6) is 0 Å². The van der Waals surface area contributed by atoms with Gasteiger partial charge in [0.25, 0.3) is 0 Å². The lowest BCUT2D eigenvalue weighted by atomic mass is 10.2. The maximum atomic E-state index is 6.05. The molecule has 0 bridgehead atoms. The van der Waals surface area contributed by atoms with Gasteiger partial charge in [0.15, 0.2) is 0 Å². The van der Waals surface area contributed by atoms with Crippen LogP contribution < -0.4 is 5.73 Å². The van der Waals surface area contributed by atoms with E-state index in [9.17, 15) is 0 Å². The first-order valence-corrected chi connectivity index (χ1v) is 5.82. The van der Waals surface area contributed by atoms with Crippen LogP contribution in [-0.2, 0) is 6.54 Å². The van der Waals surface area contributed by atoms with Gasteiger partial charge >= 0.3 is 0 Å². The number of nitrogens with two attached hydrogens (primary N) is 1. The van der Waals surface area contributed by atoms with Crippen molar-refractivity contribution in [1.82, 2.24) is 9.78 Å². The van der Waals surface area contributed by atoms with Crippen LogP contribution in [0.1, 0.15) is 5.56 Å². The molecule has 0 spiro atoms. The fraction of sp³-hybridized carbons (Fsp3) is 0.100. The topological polar surface area (TPSA) is 43.8 Å². The van der Waals surface area contributed by atoms with Crippen molar-refractivity contribution in [2.45, 2.75) is 6.54 Å². The number of benzene rings is 1. The minimum Gasteiger partial charge on any atom is -0.399 e. The zero-order chi connectivity index (χ0) is 10.8. The van der Waals surface area contributed by atoms with Crippen molar-refractivity contribution in [3.8, 4) is 0 Å². The molecule has 1 aromatic carbocycles. The Labute approximate surface area is 106 Å². The molecule has 0 saturated carbocycles. The molecule has 0 radical (unpaired) electrons. The lowest BCUT2D eigenvalue weighted by molar-refractivity contribution is 0.687. The number of nitrogen functional groups attached to an aromatic ring is 1. The summed E-state index contributed by atoms with van der Waals surface area (Å²) in [4.78, 5) is 0. The van der Waals surface area contributed by atoms with E-state index in [1.165, 1.54) is 0 Å². The molecular weight excluding hydrogens is 324 g/mol. The normalized spacial score (nSPS) is 10.5. The Balaban J connectivity index is 2.27. The maximum Gasteiger partial charge on any atom is 0.0675 e. The Kier molecular flexibility index (Phi) is 3.16. The van der Waals surface area contributed by atoms with Crippen molar-refractivity contribution < 1.29 is 0 Å². The summed E-state index contributed by atoms with van der Waals surface area (Å²) in [6.07, 6.45) is 3.76. The van der Waals surface area contributed by atoms with Crippen LogP contribution >= 0.6 is 34.2 Å². The van der Waals surface area contributed by atoms with Crippen LogP contribution in [0.15, 0.2) is 30.6 Å². The average molecular weight is 334 g/mol. The van der Waals surface area contributed by atoms with Crippen LogP contribution in [0, 0.1) is 3.57 Å². The molecule has 0 aliphatic rings. The molecule has 15 heavy (non-hydrogen) atoms. The third-order valence-corrected chi connectivity index (χ3v) is 2.93. The highest BCUT2D eigenvalue weighted by Crippen LogP contribution is 2.19. The minimum atomic E-state index is 0.646. The van der Waals surface area contributed by atoms with E-state index in [-0.39, 0.29) is 0 Å². The van der Waals surface area contributed by atoms with Gasteiger partial charge in [0, 0.05) is 16.9 Å². The molecule has 1 heterocycles. The molecule has 1 aromatic heterocycles. The van der Waals surface area contributed by atoms with E-state index in [4.69, 9.17) is 17.3 Å². The molecule has 0 fully saturated rings. The monoisotopic (exact) mass is 333 g/mol. The first-order valence-electron chi connectivity index (χ1n) is 4.37. The SMILES string of the molecule is Nc1ccc(Cl)c(Cn2cc(I)cn2)c1. The highest BCUT2D eigenvalue weighted by atomic mass is 127. The maximum absolute atomic E-state index is 6.05. The lowest BCUT2D eigenvalue weighted by Gasteiger charge is -2.05. The quantitative estimate of drug-likeness (QED) is 0.678. The number of hydrogen-bond donors (Lipinski definition) is 1. The molecule has 0 amide bonds. The number of aromatic nitrogens is 2. The summed E-state index contributed by atoms with van der Waals surface area (Å²) in [7, 11) is 0. The van der Waals surface area contributed by atoms with E-state index < -0.39 is 0 Å². The summed E-state index contributed by atoms with van der Waals surface area (Å²) >= 11 is 8.27. The fourth-order valence-corrected chi connectivity index (χ4v) is 1.94. The molecule has 2 N–H and O–H groups in total.